The first-order valence-corrected chi connectivity index (χ1v) is 21.0. The van der Waals surface area contributed by atoms with Crippen molar-refractivity contribution in [2.75, 3.05) is 24.9 Å². The first kappa shape index (κ1) is 38.3. The van der Waals surface area contributed by atoms with Crippen LogP contribution in [0.2, 0.25) is 0 Å². The minimum absolute atomic E-state index is 0.0693. The maximum atomic E-state index is 13.0. The molecule has 8 aromatic rings. The van der Waals surface area contributed by atoms with Gasteiger partial charge in [0, 0.05) is 43.8 Å². The zero-order valence-corrected chi connectivity index (χ0v) is 34.9. The minimum atomic E-state index is -1.25. The number of fused-ring (bicyclic) bond motifs is 4. The van der Waals surface area contributed by atoms with Gasteiger partial charge in [-0.1, -0.05) is 20.8 Å². The van der Waals surface area contributed by atoms with Crippen molar-refractivity contribution in [3.05, 3.63) is 84.3 Å². The van der Waals surface area contributed by atoms with Gasteiger partial charge in [0.1, 0.15) is 35.8 Å². The number of nitrogens with zero attached hydrogens (tertiary/aromatic N) is 6. The Morgan fingerprint density at radius 1 is 0.618 bits per heavy atom. The lowest BCUT2D eigenvalue weighted by Crippen LogP contribution is -2.22. The van der Waals surface area contributed by atoms with Crippen LogP contribution in [0.1, 0.15) is 41.5 Å². The maximum absolute atomic E-state index is 13.0. The zero-order chi connectivity index (χ0) is 38.9. The molecule has 0 aliphatic carbocycles. The van der Waals surface area contributed by atoms with E-state index in [-0.39, 0.29) is 4.75 Å². The second-order valence-electron chi connectivity index (χ2n) is 14.4. The number of hydrogen-bond acceptors (Lipinski definition) is 14. The molecule has 0 fully saturated rings. The Hall–Kier alpha value is -4.96. The number of anilines is 4. The summed E-state index contributed by atoms with van der Waals surface area (Å²) in [6.45, 7) is 12.4. The second kappa shape index (κ2) is 15.6. The van der Waals surface area contributed by atoms with E-state index in [2.05, 4.69) is 73.4 Å². The van der Waals surface area contributed by atoms with Crippen molar-refractivity contribution in [3.8, 4) is 11.5 Å². The van der Waals surface area contributed by atoms with Gasteiger partial charge in [0.15, 0.2) is 0 Å². The van der Waals surface area contributed by atoms with Gasteiger partial charge in [0.2, 0.25) is 0 Å². The summed E-state index contributed by atoms with van der Waals surface area (Å²) < 4.78 is 26.1. The Labute approximate surface area is 333 Å². The van der Waals surface area contributed by atoms with Crippen LogP contribution in [-0.4, -0.2) is 57.8 Å². The largest absolute Gasteiger partial charge is 0.496 e. The van der Waals surface area contributed by atoms with Gasteiger partial charge in [-0.15, -0.1) is 34.4 Å². The molecule has 0 aliphatic heterocycles. The van der Waals surface area contributed by atoms with Gasteiger partial charge in [-0.25, -0.2) is 29.9 Å². The van der Waals surface area contributed by atoms with Crippen LogP contribution in [0.3, 0.4) is 0 Å². The second-order valence-corrected chi connectivity index (χ2v) is 20.2. The Kier molecular flexibility index (Phi) is 10.9. The molecule has 1 atom stereocenters. The van der Waals surface area contributed by atoms with Gasteiger partial charge in [0.25, 0.3) is 0 Å². The van der Waals surface area contributed by atoms with Crippen LogP contribution in [0, 0.1) is 0 Å². The lowest BCUT2D eigenvalue weighted by atomic mass is 10.2. The summed E-state index contributed by atoms with van der Waals surface area (Å²) in [7, 11) is 2.02. The van der Waals surface area contributed by atoms with Crippen molar-refractivity contribution < 1.29 is 13.7 Å². The van der Waals surface area contributed by atoms with E-state index in [1.54, 1.807) is 55.0 Å². The quantitative estimate of drug-likeness (QED) is 0.141. The zero-order valence-electron chi connectivity index (χ0n) is 31.6. The Bertz CT molecular complexity index is 2680. The molecule has 0 bridgehead atoms. The van der Waals surface area contributed by atoms with Crippen LogP contribution >= 0.6 is 34.4 Å². The summed E-state index contributed by atoms with van der Waals surface area (Å²) in [5, 5.41) is 8.51. The number of thioether (sulfide) groups is 1. The molecule has 4 aromatic heterocycles. The predicted molar refractivity (Wildman–Crippen MR) is 230 cm³/mol. The highest BCUT2D eigenvalue weighted by Crippen LogP contribution is 2.41. The molecule has 0 amide bonds. The van der Waals surface area contributed by atoms with Crippen LogP contribution < -0.4 is 20.1 Å². The molecule has 0 spiro atoms. The van der Waals surface area contributed by atoms with E-state index in [0.29, 0.717) is 16.5 Å². The lowest BCUT2D eigenvalue weighted by molar-refractivity contribution is 0.404. The molecule has 4 heterocycles. The summed E-state index contributed by atoms with van der Waals surface area (Å²) in [5.74, 6) is 2.81. The molecule has 8 rings (SSSR count). The Morgan fingerprint density at radius 2 is 1.13 bits per heavy atom. The summed E-state index contributed by atoms with van der Waals surface area (Å²) in [6.07, 6.45) is 3.08. The number of aromatic nitrogens is 6. The summed E-state index contributed by atoms with van der Waals surface area (Å²) in [4.78, 5) is 28.1. The molecule has 1 unspecified atom stereocenters. The number of thiazole rings is 2. The van der Waals surface area contributed by atoms with Crippen LogP contribution in [-0.2, 0) is 10.8 Å². The number of nitrogens with one attached hydrogen (secondary N) is 2. The van der Waals surface area contributed by atoms with E-state index in [1.807, 2.05) is 80.3 Å². The third kappa shape index (κ3) is 8.64. The average molecular weight is 809 g/mol. The monoisotopic (exact) mass is 808 g/mol. The first-order chi connectivity index (χ1) is 26.3. The van der Waals surface area contributed by atoms with Gasteiger partial charge in [0.05, 0.1) is 77.3 Å². The van der Waals surface area contributed by atoms with E-state index < -0.39 is 15.5 Å². The number of methoxy groups -OCH3 is 2. The van der Waals surface area contributed by atoms with Crippen molar-refractivity contribution in [1.82, 2.24) is 29.9 Å². The van der Waals surface area contributed by atoms with Gasteiger partial charge in [-0.3, -0.25) is 4.21 Å². The van der Waals surface area contributed by atoms with Gasteiger partial charge < -0.3 is 20.1 Å². The highest BCUT2D eigenvalue weighted by molar-refractivity contribution is 8.00. The van der Waals surface area contributed by atoms with Crippen molar-refractivity contribution in [2.24, 2.45) is 0 Å². The fourth-order valence-electron chi connectivity index (χ4n) is 5.68. The van der Waals surface area contributed by atoms with Gasteiger partial charge in [-0.05, 0) is 69.3 Å². The molecule has 282 valence electrons. The van der Waals surface area contributed by atoms with E-state index in [4.69, 9.17) is 9.47 Å². The third-order valence-corrected chi connectivity index (χ3v) is 12.8. The normalized spacial score (nSPS) is 12.4. The number of ether oxygens (including phenoxy) is 2. The maximum Gasteiger partial charge on any atom is 0.141 e. The SMILES string of the molecule is COc1cc2ncnc(Nc3ccc4scnc4c3)c2cc1S(=O)C(C)(C)C.COc1cc2ncnc(Nc3ccc4scnc4c3)c2cc1SC(C)(C)C. The molecule has 0 saturated heterocycles. The Balaban J connectivity index is 0.000000169. The fraction of sp³-hybridized carbons (Fsp3) is 0.250. The Morgan fingerprint density at radius 3 is 1.62 bits per heavy atom. The molecule has 2 N–H and O–H groups in total. The van der Waals surface area contributed by atoms with Gasteiger partial charge >= 0.3 is 0 Å². The number of rotatable bonds is 8. The van der Waals surface area contributed by atoms with Crippen LogP contribution in [0.5, 0.6) is 11.5 Å². The summed E-state index contributed by atoms with van der Waals surface area (Å²) in [5.41, 5.74) is 9.00. The molecule has 55 heavy (non-hydrogen) atoms. The van der Waals surface area contributed by atoms with E-state index in [1.165, 1.54) is 11.0 Å². The van der Waals surface area contributed by atoms with Crippen LogP contribution in [0.4, 0.5) is 23.0 Å². The highest BCUT2D eigenvalue weighted by Gasteiger charge is 2.25. The van der Waals surface area contributed by atoms with Crippen LogP contribution in [0.25, 0.3) is 42.2 Å². The predicted octanol–water partition coefficient (Wildman–Crippen LogP) is 10.8. The third-order valence-electron chi connectivity index (χ3n) is 8.20. The van der Waals surface area contributed by atoms with E-state index in [9.17, 15) is 4.21 Å². The molecule has 0 radical (unpaired) electrons. The van der Waals surface area contributed by atoms with Crippen molar-refractivity contribution >= 4 is 110 Å². The van der Waals surface area contributed by atoms with Crippen molar-refractivity contribution in [3.63, 3.8) is 0 Å². The smallest absolute Gasteiger partial charge is 0.141 e. The summed E-state index contributed by atoms with van der Waals surface area (Å²) in [6, 6.07) is 19.9. The topological polar surface area (TPSA) is 137 Å². The van der Waals surface area contributed by atoms with Gasteiger partial charge in [-0.2, -0.15) is 0 Å². The number of benzene rings is 4. The molecular formula is C40H40N8O3S4. The van der Waals surface area contributed by atoms with Crippen LogP contribution in [0.15, 0.2) is 94.1 Å². The standard InChI is InChI=1S/C20H20N4O2S2.C20H20N4OS2/c1-20(2,3)28(25)18-8-13-14(9-16(18)26-4)21-10-22-19(13)24-12-5-6-17-15(7-12)23-11-27-17;1-20(2,3)27-18-8-13-14(9-16(18)25-4)21-10-22-19(13)24-12-5-6-17-15(7-12)23-11-26-17/h5-11H,1-4H3,(H,21,22,24);5-11H,1-4H3,(H,21,22,24). The molecule has 4 aromatic carbocycles. The average Bonchev–Trinajstić information content (AvgIpc) is 3.83. The first-order valence-electron chi connectivity index (χ1n) is 17.3. The molecule has 0 aliphatic rings. The van der Waals surface area contributed by atoms with Crippen molar-refractivity contribution in [2.45, 2.75) is 60.8 Å². The fourth-order valence-corrected chi connectivity index (χ4v) is 9.28. The lowest BCUT2D eigenvalue weighted by Gasteiger charge is -2.20. The van der Waals surface area contributed by atoms with E-state index >= 15 is 0 Å². The van der Waals surface area contributed by atoms with E-state index in [0.717, 1.165) is 65.4 Å². The number of hydrogen-bond donors (Lipinski definition) is 2. The molecule has 15 heteroatoms. The molecule has 11 nitrogen and oxygen atoms in total. The molecule has 0 saturated carbocycles. The summed E-state index contributed by atoms with van der Waals surface area (Å²) >= 11 is 5.01. The highest BCUT2D eigenvalue weighted by atomic mass is 32.2. The van der Waals surface area contributed by atoms with Crippen molar-refractivity contribution in [1.29, 1.82) is 0 Å². The molecular weight excluding hydrogens is 769 g/mol. The minimum Gasteiger partial charge on any atom is -0.496 e.